The summed E-state index contributed by atoms with van der Waals surface area (Å²) < 4.78 is 1.70. The predicted molar refractivity (Wildman–Crippen MR) is 86.7 cm³/mol. The molecule has 0 spiro atoms. The Morgan fingerprint density at radius 2 is 1.95 bits per heavy atom. The summed E-state index contributed by atoms with van der Waals surface area (Å²) in [6.07, 6.45) is 4.34. The fraction of sp³-hybridized carbons (Fsp3) is 0.412. The highest BCUT2D eigenvalue weighted by molar-refractivity contribution is 5.34. The minimum absolute atomic E-state index is 0.0526. The molecular weight excluding hydrogens is 262 g/mol. The molecule has 0 aliphatic rings. The summed E-state index contributed by atoms with van der Waals surface area (Å²) >= 11 is 0. The Kier molecular flexibility index (Phi) is 4.78. The number of aromatic nitrogens is 2. The standard InChI is InChI=1S/C17H23N3O/c1-4-11-20-12-10-18-15(16(20)21)19-13-17(2,3)14-8-6-5-7-9-14/h5-10,12H,4,11,13H2,1-3H3,(H,18,19). The second-order valence-electron chi connectivity index (χ2n) is 5.88. The normalized spacial score (nSPS) is 11.4. The molecule has 21 heavy (non-hydrogen) atoms. The highest BCUT2D eigenvalue weighted by atomic mass is 16.1. The van der Waals surface area contributed by atoms with Crippen molar-refractivity contribution in [1.29, 1.82) is 0 Å². The SMILES string of the molecule is CCCn1ccnc(NCC(C)(C)c2ccccc2)c1=O. The first kappa shape index (κ1) is 15.3. The molecule has 1 aromatic carbocycles. The lowest BCUT2D eigenvalue weighted by Gasteiger charge is -2.25. The number of nitrogens with zero attached hydrogens (tertiary/aromatic N) is 2. The molecule has 0 atom stereocenters. The first-order chi connectivity index (χ1) is 10.0. The van der Waals surface area contributed by atoms with E-state index < -0.39 is 0 Å². The molecule has 4 nitrogen and oxygen atoms in total. The number of hydrogen-bond acceptors (Lipinski definition) is 3. The van der Waals surface area contributed by atoms with Gasteiger partial charge >= 0.3 is 0 Å². The van der Waals surface area contributed by atoms with Crippen LogP contribution in [0.1, 0.15) is 32.8 Å². The van der Waals surface area contributed by atoms with Crippen LogP contribution >= 0.6 is 0 Å². The first-order valence-electron chi connectivity index (χ1n) is 7.39. The summed E-state index contributed by atoms with van der Waals surface area (Å²) in [5.74, 6) is 0.426. The Balaban J connectivity index is 2.13. The molecule has 112 valence electrons. The zero-order valence-electron chi connectivity index (χ0n) is 13.0. The molecular formula is C17H23N3O. The molecule has 0 saturated heterocycles. The van der Waals surface area contributed by atoms with E-state index in [9.17, 15) is 4.79 Å². The van der Waals surface area contributed by atoms with Crippen molar-refractivity contribution in [2.24, 2.45) is 0 Å². The van der Waals surface area contributed by atoms with Gasteiger partial charge in [-0.1, -0.05) is 51.1 Å². The lowest BCUT2D eigenvalue weighted by Crippen LogP contribution is -2.31. The van der Waals surface area contributed by atoms with E-state index in [0.717, 1.165) is 13.0 Å². The van der Waals surface area contributed by atoms with Crippen molar-refractivity contribution in [3.8, 4) is 0 Å². The lowest BCUT2D eigenvalue weighted by atomic mass is 9.85. The van der Waals surface area contributed by atoms with Crippen LogP contribution in [-0.4, -0.2) is 16.1 Å². The van der Waals surface area contributed by atoms with E-state index in [1.54, 1.807) is 17.0 Å². The summed E-state index contributed by atoms with van der Waals surface area (Å²) in [5, 5.41) is 3.21. The van der Waals surface area contributed by atoms with Crippen LogP contribution in [0.5, 0.6) is 0 Å². The van der Waals surface area contributed by atoms with Crippen LogP contribution in [-0.2, 0) is 12.0 Å². The van der Waals surface area contributed by atoms with Crippen LogP contribution in [0.2, 0.25) is 0 Å². The molecule has 1 N–H and O–H groups in total. The number of nitrogens with one attached hydrogen (secondary N) is 1. The van der Waals surface area contributed by atoms with Crippen LogP contribution in [0.15, 0.2) is 47.5 Å². The zero-order chi connectivity index (χ0) is 15.3. The van der Waals surface area contributed by atoms with E-state index in [1.807, 2.05) is 18.2 Å². The third kappa shape index (κ3) is 3.72. The number of benzene rings is 1. The van der Waals surface area contributed by atoms with Gasteiger partial charge in [-0.3, -0.25) is 4.79 Å². The average molecular weight is 285 g/mol. The van der Waals surface area contributed by atoms with Gasteiger partial charge in [0, 0.05) is 30.9 Å². The van der Waals surface area contributed by atoms with Crippen molar-refractivity contribution in [3.05, 3.63) is 58.6 Å². The lowest BCUT2D eigenvalue weighted by molar-refractivity contribution is 0.554. The third-order valence-electron chi connectivity index (χ3n) is 3.63. The minimum atomic E-state index is -0.0686. The van der Waals surface area contributed by atoms with Crippen LogP contribution in [0, 0.1) is 0 Å². The molecule has 4 heteroatoms. The van der Waals surface area contributed by atoms with Crippen molar-refractivity contribution < 1.29 is 0 Å². The van der Waals surface area contributed by atoms with Gasteiger partial charge in [0.1, 0.15) is 0 Å². The number of hydrogen-bond donors (Lipinski definition) is 1. The van der Waals surface area contributed by atoms with Crippen LogP contribution < -0.4 is 10.9 Å². The molecule has 0 saturated carbocycles. The Hall–Kier alpha value is -2.10. The maximum absolute atomic E-state index is 12.3. The van der Waals surface area contributed by atoms with E-state index in [0.29, 0.717) is 12.4 Å². The van der Waals surface area contributed by atoms with Crippen molar-refractivity contribution in [1.82, 2.24) is 9.55 Å². The fourth-order valence-corrected chi connectivity index (χ4v) is 2.28. The van der Waals surface area contributed by atoms with E-state index >= 15 is 0 Å². The van der Waals surface area contributed by atoms with E-state index in [1.165, 1.54) is 5.56 Å². The van der Waals surface area contributed by atoms with E-state index in [4.69, 9.17) is 0 Å². The summed E-state index contributed by atoms with van der Waals surface area (Å²) in [7, 11) is 0. The predicted octanol–water partition coefficient (Wildman–Crippen LogP) is 3.04. The van der Waals surface area contributed by atoms with Gasteiger partial charge in [-0.05, 0) is 12.0 Å². The smallest absolute Gasteiger partial charge is 0.293 e. The molecule has 0 fully saturated rings. The molecule has 0 bridgehead atoms. The minimum Gasteiger partial charge on any atom is -0.365 e. The van der Waals surface area contributed by atoms with Gasteiger partial charge in [0.15, 0.2) is 5.82 Å². The molecule has 0 unspecified atom stereocenters. The number of rotatable bonds is 6. The van der Waals surface area contributed by atoms with Gasteiger partial charge in [0.25, 0.3) is 5.56 Å². The van der Waals surface area contributed by atoms with Gasteiger partial charge < -0.3 is 9.88 Å². The molecule has 0 aliphatic carbocycles. The topological polar surface area (TPSA) is 46.9 Å². The highest BCUT2D eigenvalue weighted by Gasteiger charge is 2.20. The third-order valence-corrected chi connectivity index (χ3v) is 3.63. The summed E-state index contributed by atoms with van der Waals surface area (Å²) in [4.78, 5) is 16.4. The summed E-state index contributed by atoms with van der Waals surface area (Å²) in [6, 6.07) is 10.3. The van der Waals surface area contributed by atoms with Crippen LogP contribution in [0.25, 0.3) is 0 Å². The van der Waals surface area contributed by atoms with E-state index in [2.05, 4.69) is 43.2 Å². The average Bonchev–Trinajstić information content (AvgIpc) is 2.49. The Morgan fingerprint density at radius 3 is 2.62 bits per heavy atom. The fourth-order valence-electron chi connectivity index (χ4n) is 2.28. The summed E-state index contributed by atoms with van der Waals surface area (Å²) in [5.41, 5.74) is 1.12. The van der Waals surface area contributed by atoms with Gasteiger partial charge in [-0.15, -0.1) is 0 Å². The monoisotopic (exact) mass is 285 g/mol. The molecule has 1 aromatic heterocycles. The van der Waals surface area contributed by atoms with Gasteiger partial charge in [-0.2, -0.15) is 0 Å². The largest absolute Gasteiger partial charge is 0.365 e. The quantitative estimate of drug-likeness (QED) is 0.887. The maximum atomic E-state index is 12.3. The van der Waals surface area contributed by atoms with Crippen molar-refractivity contribution in [3.63, 3.8) is 0 Å². The zero-order valence-corrected chi connectivity index (χ0v) is 13.0. The number of aryl methyl sites for hydroxylation is 1. The molecule has 0 amide bonds. The van der Waals surface area contributed by atoms with Gasteiger partial charge in [0.05, 0.1) is 0 Å². The maximum Gasteiger partial charge on any atom is 0.293 e. The van der Waals surface area contributed by atoms with Crippen molar-refractivity contribution >= 4 is 5.82 Å². The van der Waals surface area contributed by atoms with Crippen molar-refractivity contribution in [2.45, 2.75) is 39.2 Å². The molecule has 0 aliphatic heterocycles. The Bertz CT molecular complexity index is 632. The molecule has 0 radical (unpaired) electrons. The van der Waals surface area contributed by atoms with Crippen molar-refractivity contribution in [2.75, 3.05) is 11.9 Å². The molecule has 1 heterocycles. The molecule has 2 rings (SSSR count). The number of anilines is 1. The highest BCUT2D eigenvalue weighted by Crippen LogP contribution is 2.22. The second-order valence-corrected chi connectivity index (χ2v) is 5.88. The summed E-state index contributed by atoms with van der Waals surface area (Å²) in [6.45, 7) is 7.75. The van der Waals surface area contributed by atoms with Crippen LogP contribution in [0.3, 0.4) is 0 Å². The molecule has 2 aromatic rings. The Labute approximate surface area is 125 Å². The first-order valence-corrected chi connectivity index (χ1v) is 7.39. The second kappa shape index (κ2) is 6.57. The van der Waals surface area contributed by atoms with Gasteiger partial charge in [-0.25, -0.2) is 4.98 Å². The van der Waals surface area contributed by atoms with Gasteiger partial charge in [0.2, 0.25) is 0 Å². The van der Waals surface area contributed by atoms with E-state index in [-0.39, 0.29) is 11.0 Å². The van der Waals surface area contributed by atoms with Crippen LogP contribution in [0.4, 0.5) is 5.82 Å². The Morgan fingerprint density at radius 1 is 1.24 bits per heavy atom.